The van der Waals surface area contributed by atoms with Crippen molar-refractivity contribution in [3.8, 4) is 11.1 Å². The number of carbonyl (C=O) groups is 1. The summed E-state index contributed by atoms with van der Waals surface area (Å²) in [6.07, 6.45) is 5.92. The first-order chi connectivity index (χ1) is 14.3. The average molecular weight is 423 g/mol. The smallest absolute Gasteiger partial charge is 0.243 e. The highest BCUT2D eigenvalue weighted by molar-refractivity contribution is 7.89. The number of carbonyl (C=O) groups excluding carboxylic acids is 1. The molecule has 0 radical (unpaired) electrons. The second kappa shape index (κ2) is 7.92. The van der Waals surface area contributed by atoms with Gasteiger partial charge >= 0.3 is 0 Å². The standard InChI is InChI=1S/C21H21N5O3S/c1-14-23-12-18(15-7-9-22-10-8-15)20(24-14)13-26(2)30(28,29)17-4-5-19-16(11-17)3-6-21(27)25-19/h4-5,7-12H,3,6,13H2,1-2H3,(H,25,27). The molecular weight excluding hydrogens is 402 g/mol. The highest BCUT2D eigenvalue weighted by Crippen LogP contribution is 2.28. The average Bonchev–Trinajstić information content (AvgIpc) is 2.74. The molecule has 8 nitrogen and oxygen atoms in total. The summed E-state index contributed by atoms with van der Waals surface area (Å²) in [5, 5.41) is 2.77. The van der Waals surface area contributed by atoms with Crippen LogP contribution in [0.3, 0.4) is 0 Å². The first kappa shape index (κ1) is 20.1. The molecule has 0 spiro atoms. The molecule has 0 atom stereocenters. The van der Waals surface area contributed by atoms with Crippen LogP contribution in [0.4, 0.5) is 5.69 Å². The van der Waals surface area contributed by atoms with Gasteiger partial charge in [-0.1, -0.05) is 0 Å². The second-order valence-electron chi connectivity index (χ2n) is 7.14. The molecule has 0 saturated heterocycles. The van der Waals surface area contributed by atoms with Crippen molar-refractivity contribution in [3.05, 3.63) is 66.0 Å². The molecule has 3 aromatic rings. The van der Waals surface area contributed by atoms with Crippen molar-refractivity contribution < 1.29 is 13.2 Å². The Morgan fingerprint density at radius 1 is 1.13 bits per heavy atom. The quantitative estimate of drug-likeness (QED) is 0.676. The van der Waals surface area contributed by atoms with Gasteiger partial charge in [-0.2, -0.15) is 4.31 Å². The molecule has 0 saturated carbocycles. The lowest BCUT2D eigenvalue weighted by Crippen LogP contribution is -2.28. The van der Waals surface area contributed by atoms with Crippen molar-refractivity contribution in [2.75, 3.05) is 12.4 Å². The second-order valence-corrected chi connectivity index (χ2v) is 9.19. The first-order valence-corrected chi connectivity index (χ1v) is 10.9. The van der Waals surface area contributed by atoms with Gasteiger partial charge in [-0.3, -0.25) is 9.78 Å². The Morgan fingerprint density at radius 2 is 1.90 bits per heavy atom. The summed E-state index contributed by atoms with van der Waals surface area (Å²) in [5.41, 5.74) is 3.73. The summed E-state index contributed by atoms with van der Waals surface area (Å²) in [4.78, 5) is 24.5. The van der Waals surface area contributed by atoms with Gasteiger partial charge in [-0.25, -0.2) is 18.4 Å². The molecule has 30 heavy (non-hydrogen) atoms. The third-order valence-electron chi connectivity index (χ3n) is 5.03. The van der Waals surface area contributed by atoms with E-state index in [1.807, 2.05) is 12.1 Å². The summed E-state index contributed by atoms with van der Waals surface area (Å²) in [6, 6.07) is 8.47. The van der Waals surface area contributed by atoms with Gasteiger partial charge in [0.2, 0.25) is 15.9 Å². The highest BCUT2D eigenvalue weighted by Gasteiger charge is 2.25. The summed E-state index contributed by atoms with van der Waals surface area (Å²) in [5.74, 6) is 0.510. The van der Waals surface area contributed by atoms with Crippen molar-refractivity contribution in [1.82, 2.24) is 19.3 Å². The number of aryl methyl sites for hydroxylation is 2. The zero-order valence-corrected chi connectivity index (χ0v) is 17.5. The van der Waals surface area contributed by atoms with Crippen LogP contribution in [0.5, 0.6) is 0 Å². The Labute approximate surface area is 175 Å². The van der Waals surface area contributed by atoms with E-state index >= 15 is 0 Å². The highest BCUT2D eigenvalue weighted by atomic mass is 32.2. The van der Waals surface area contributed by atoms with Crippen LogP contribution in [0.15, 0.2) is 53.8 Å². The molecule has 0 fully saturated rings. The number of hydrogen-bond donors (Lipinski definition) is 1. The summed E-state index contributed by atoms with van der Waals surface area (Å²) >= 11 is 0. The zero-order chi connectivity index (χ0) is 21.3. The molecule has 3 heterocycles. The molecule has 154 valence electrons. The van der Waals surface area contributed by atoms with Gasteiger partial charge < -0.3 is 5.32 Å². The number of rotatable bonds is 5. The van der Waals surface area contributed by atoms with Gasteiger partial charge in [0.1, 0.15) is 5.82 Å². The van der Waals surface area contributed by atoms with E-state index in [1.54, 1.807) is 37.6 Å². The number of aromatic nitrogens is 3. The Hall–Kier alpha value is -3.17. The van der Waals surface area contributed by atoms with E-state index in [2.05, 4.69) is 20.3 Å². The predicted octanol–water partition coefficient (Wildman–Crippen LogP) is 2.55. The van der Waals surface area contributed by atoms with Crippen molar-refractivity contribution in [3.63, 3.8) is 0 Å². The maximum atomic E-state index is 13.2. The number of pyridine rings is 1. The number of fused-ring (bicyclic) bond motifs is 1. The zero-order valence-electron chi connectivity index (χ0n) is 16.7. The Balaban J connectivity index is 1.65. The number of hydrogen-bond acceptors (Lipinski definition) is 6. The fourth-order valence-electron chi connectivity index (χ4n) is 3.41. The lowest BCUT2D eigenvalue weighted by Gasteiger charge is -2.21. The van der Waals surface area contributed by atoms with E-state index in [9.17, 15) is 13.2 Å². The van der Waals surface area contributed by atoms with E-state index in [-0.39, 0.29) is 17.3 Å². The van der Waals surface area contributed by atoms with E-state index in [0.29, 0.717) is 30.0 Å². The van der Waals surface area contributed by atoms with Crippen LogP contribution in [0.25, 0.3) is 11.1 Å². The van der Waals surface area contributed by atoms with Crippen LogP contribution in [-0.2, 0) is 27.8 Å². The lowest BCUT2D eigenvalue weighted by atomic mass is 10.0. The van der Waals surface area contributed by atoms with Gasteiger partial charge in [0.25, 0.3) is 0 Å². The molecule has 1 N–H and O–H groups in total. The Bertz CT molecular complexity index is 1210. The molecule has 1 aliphatic rings. The van der Waals surface area contributed by atoms with E-state index in [4.69, 9.17) is 0 Å². The van der Waals surface area contributed by atoms with Crippen molar-refractivity contribution in [2.45, 2.75) is 31.2 Å². The number of nitrogens with one attached hydrogen (secondary N) is 1. The number of anilines is 1. The predicted molar refractivity (Wildman–Crippen MR) is 112 cm³/mol. The minimum atomic E-state index is -3.75. The summed E-state index contributed by atoms with van der Waals surface area (Å²) < 4.78 is 27.7. The minimum Gasteiger partial charge on any atom is -0.326 e. The maximum Gasteiger partial charge on any atom is 0.243 e. The molecule has 1 aromatic carbocycles. The maximum absolute atomic E-state index is 13.2. The fourth-order valence-corrected chi connectivity index (χ4v) is 4.59. The normalized spacial score (nSPS) is 13.8. The fraction of sp³-hybridized carbons (Fsp3) is 0.238. The first-order valence-electron chi connectivity index (χ1n) is 9.46. The molecule has 2 aromatic heterocycles. The van der Waals surface area contributed by atoms with Gasteiger partial charge in [-0.15, -0.1) is 0 Å². The molecule has 0 aliphatic carbocycles. The van der Waals surface area contributed by atoms with Crippen LogP contribution < -0.4 is 5.32 Å². The van der Waals surface area contributed by atoms with Crippen LogP contribution in [-0.4, -0.2) is 40.6 Å². The van der Waals surface area contributed by atoms with Gasteiger partial charge in [0.05, 0.1) is 17.1 Å². The molecule has 4 rings (SSSR count). The van der Waals surface area contributed by atoms with Crippen LogP contribution >= 0.6 is 0 Å². The van der Waals surface area contributed by atoms with Crippen LogP contribution in [0.1, 0.15) is 23.5 Å². The number of nitrogens with zero attached hydrogens (tertiary/aromatic N) is 4. The largest absolute Gasteiger partial charge is 0.326 e. The SMILES string of the molecule is Cc1ncc(-c2ccncc2)c(CN(C)S(=O)(=O)c2ccc3c(c2)CCC(=O)N3)n1. The summed E-state index contributed by atoms with van der Waals surface area (Å²) in [7, 11) is -2.22. The monoisotopic (exact) mass is 423 g/mol. The summed E-state index contributed by atoms with van der Waals surface area (Å²) in [6.45, 7) is 1.86. The minimum absolute atomic E-state index is 0.0574. The lowest BCUT2D eigenvalue weighted by molar-refractivity contribution is -0.116. The number of amides is 1. The molecule has 0 unspecified atom stereocenters. The van der Waals surface area contributed by atoms with Crippen molar-refractivity contribution in [1.29, 1.82) is 0 Å². The van der Waals surface area contributed by atoms with E-state index < -0.39 is 10.0 Å². The molecule has 9 heteroatoms. The third-order valence-corrected chi connectivity index (χ3v) is 6.83. The number of sulfonamides is 1. The van der Waals surface area contributed by atoms with E-state index in [1.165, 1.54) is 17.4 Å². The van der Waals surface area contributed by atoms with Gasteiger partial charge in [0.15, 0.2) is 0 Å². The van der Waals surface area contributed by atoms with Crippen LogP contribution in [0.2, 0.25) is 0 Å². The third kappa shape index (κ3) is 3.94. The molecular formula is C21H21N5O3S. The Morgan fingerprint density at radius 3 is 2.67 bits per heavy atom. The van der Waals surface area contributed by atoms with E-state index in [0.717, 1.165) is 16.7 Å². The topological polar surface area (TPSA) is 105 Å². The van der Waals surface area contributed by atoms with Crippen molar-refractivity contribution in [2.24, 2.45) is 0 Å². The number of benzene rings is 1. The van der Waals surface area contributed by atoms with Gasteiger partial charge in [0, 0.05) is 43.3 Å². The van der Waals surface area contributed by atoms with Crippen LogP contribution in [0, 0.1) is 6.92 Å². The van der Waals surface area contributed by atoms with Crippen molar-refractivity contribution >= 4 is 21.6 Å². The molecule has 0 bridgehead atoms. The molecule has 1 amide bonds. The van der Waals surface area contributed by atoms with Gasteiger partial charge in [-0.05, 0) is 54.8 Å². The Kier molecular flexibility index (Phi) is 5.31. The molecule has 1 aliphatic heterocycles.